The lowest BCUT2D eigenvalue weighted by Gasteiger charge is -2.11. The molecular formula is C19H20N2O5. The molecule has 1 amide bonds. The summed E-state index contributed by atoms with van der Waals surface area (Å²) in [5.74, 6) is -0.285. The number of carbonyl (C=O) groups is 2. The fourth-order valence-electron chi connectivity index (χ4n) is 2.50. The van der Waals surface area contributed by atoms with Crippen molar-refractivity contribution in [2.24, 2.45) is 0 Å². The van der Waals surface area contributed by atoms with Crippen LogP contribution in [0.5, 0.6) is 5.88 Å². The summed E-state index contributed by atoms with van der Waals surface area (Å²) < 4.78 is 15.9. The average molecular weight is 356 g/mol. The third-order valence-electron chi connectivity index (χ3n) is 3.83. The summed E-state index contributed by atoms with van der Waals surface area (Å²) in [6.07, 6.45) is 2.31. The number of aromatic nitrogens is 1. The molecule has 0 saturated carbocycles. The predicted molar refractivity (Wildman–Crippen MR) is 94.4 cm³/mol. The van der Waals surface area contributed by atoms with Crippen LogP contribution in [0.25, 0.3) is 0 Å². The molecule has 0 spiro atoms. The maximum atomic E-state index is 12.4. The van der Waals surface area contributed by atoms with E-state index in [0.717, 1.165) is 6.42 Å². The molecular weight excluding hydrogens is 336 g/mol. The molecule has 0 radical (unpaired) electrons. The second-order valence-electron chi connectivity index (χ2n) is 5.74. The van der Waals surface area contributed by atoms with Gasteiger partial charge in [-0.3, -0.25) is 4.79 Å². The Hall–Kier alpha value is -2.93. The smallest absolute Gasteiger partial charge is 0.338 e. The molecule has 1 fully saturated rings. The van der Waals surface area contributed by atoms with E-state index >= 15 is 0 Å². The SMILES string of the molecule is CCOC(=O)c1ccc(NC(=O)c2ccnc(OC3CCOC3)c2)cc1. The number of esters is 1. The quantitative estimate of drug-likeness (QED) is 0.801. The Morgan fingerprint density at radius 3 is 2.73 bits per heavy atom. The van der Waals surface area contributed by atoms with Gasteiger partial charge in [-0.05, 0) is 37.3 Å². The van der Waals surface area contributed by atoms with E-state index in [-0.39, 0.29) is 12.0 Å². The number of hydrogen-bond donors (Lipinski definition) is 1. The Labute approximate surface area is 151 Å². The van der Waals surface area contributed by atoms with Crippen LogP contribution in [0.15, 0.2) is 42.6 Å². The number of hydrogen-bond acceptors (Lipinski definition) is 6. The molecule has 1 unspecified atom stereocenters. The van der Waals surface area contributed by atoms with Crippen molar-refractivity contribution in [1.82, 2.24) is 4.98 Å². The van der Waals surface area contributed by atoms with Gasteiger partial charge in [0.25, 0.3) is 5.91 Å². The number of carbonyl (C=O) groups excluding carboxylic acids is 2. The second kappa shape index (κ2) is 8.44. The third kappa shape index (κ3) is 4.58. The zero-order valence-corrected chi connectivity index (χ0v) is 14.4. The number of ether oxygens (including phenoxy) is 3. The highest BCUT2D eigenvalue weighted by molar-refractivity contribution is 6.04. The van der Waals surface area contributed by atoms with Crippen LogP contribution in [0.3, 0.4) is 0 Å². The van der Waals surface area contributed by atoms with E-state index < -0.39 is 5.97 Å². The first kappa shape index (κ1) is 17.9. The zero-order chi connectivity index (χ0) is 18.4. The molecule has 1 saturated heterocycles. The van der Waals surface area contributed by atoms with Gasteiger partial charge in [0.1, 0.15) is 6.10 Å². The highest BCUT2D eigenvalue weighted by atomic mass is 16.5. The molecule has 1 N–H and O–H groups in total. The van der Waals surface area contributed by atoms with Crippen molar-refractivity contribution < 1.29 is 23.8 Å². The van der Waals surface area contributed by atoms with E-state index in [4.69, 9.17) is 14.2 Å². The number of benzene rings is 1. The van der Waals surface area contributed by atoms with Crippen molar-refractivity contribution in [1.29, 1.82) is 0 Å². The largest absolute Gasteiger partial charge is 0.472 e. The lowest BCUT2D eigenvalue weighted by molar-refractivity contribution is 0.0526. The summed E-state index contributed by atoms with van der Waals surface area (Å²) in [4.78, 5) is 28.2. The van der Waals surface area contributed by atoms with Crippen molar-refractivity contribution in [3.63, 3.8) is 0 Å². The van der Waals surface area contributed by atoms with Crippen LogP contribution in [-0.2, 0) is 9.47 Å². The van der Waals surface area contributed by atoms with Gasteiger partial charge in [-0.15, -0.1) is 0 Å². The molecule has 1 aromatic heterocycles. The van der Waals surface area contributed by atoms with Crippen LogP contribution in [-0.4, -0.2) is 42.8 Å². The predicted octanol–water partition coefficient (Wildman–Crippen LogP) is 2.68. The van der Waals surface area contributed by atoms with Gasteiger partial charge in [0.2, 0.25) is 5.88 Å². The molecule has 3 rings (SSSR count). The van der Waals surface area contributed by atoms with Crippen molar-refractivity contribution in [2.45, 2.75) is 19.4 Å². The van der Waals surface area contributed by atoms with Crippen LogP contribution in [0.4, 0.5) is 5.69 Å². The molecule has 7 nitrogen and oxygen atoms in total. The zero-order valence-electron chi connectivity index (χ0n) is 14.4. The van der Waals surface area contributed by atoms with Gasteiger partial charge < -0.3 is 19.5 Å². The lowest BCUT2D eigenvalue weighted by atomic mass is 10.2. The maximum absolute atomic E-state index is 12.4. The van der Waals surface area contributed by atoms with Gasteiger partial charge in [0.05, 0.1) is 25.4 Å². The minimum Gasteiger partial charge on any atom is -0.472 e. The van der Waals surface area contributed by atoms with Crippen LogP contribution < -0.4 is 10.1 Å². The molecule has 1 atom stereocenters. The van der Waals surface area contributed by atoms with E-state index in [1.54, 1.807) is 43.3 Å². The molecule has 2 heterocycles. The van der Waals surface area contributed by atoms with E-state index in [0.29, 0.717) is 42.5 Å². The van der Waals surface area contributed by atoms with E-state index in [1.165, 1.54) is 6.20 Å². The van der Waals surface area contributed by atoms with Gasteiger partial charge in [-0.1, -0.05) is 0 Å². The number of nitrogens with zero attached hydrogens (tertiary/aromatic N) is 1. The van der Waals surface area contributed by atoms with E-state index in [9.17, 15) is 9.59 Å². The number of pyridine rings is 1. The number of nitrogens with one attached hydrogen (secondary N) is 1. The van der Waals surface area contributed by atoms with Crippen molar-refractivity contribution in [3.8, 4) is 5.88 Å². The van der Waals surface area contributed by atoms with E-state index in [1.807, 2.05) is 0 Å². The highest BCUT2D eigenvalue weighted by Crippen LogP contribution is 2.17. The van der Waals surface area contributed by atoms with Gasteiger partial charge in [-0.25, -0.2) is 9.78 Å². The van der Waals surface area contributed by atoms with Gasteiger partial charge >= 0.3 is 5.97 Å². The number of anilines is 1. The molecule has 0 bridgehead atoms. The minimum atomic E-state index is -0.391. The molecule has 7 heteroatoms. The van der Waals surface area contributed by atoms with Crippen molar-refractivity contribution >= 4 is 17.6 Å². The Morgan fingerprint density at radius 2 is 2.04 bits per heavy atom. The lowest BCUT2D eigenvalue weighted by Crippen LogP contribution is -2.17. The summed E-state index contributed by atoms with van der Waals surface area (Å²) in [5.41, 5.74) is 1.44. The van der Waals surface area contributed by atoms with Crippen LogP contribution >= 0.6 is 0 Å². The maximum Gasteiger partial charge on any atom is 0.338 e. The summed E-state index contributed by atoms with van der Waals surface area (Å²) in [6.45, 7) is 3.27. The molecule has 1 aromatic carbocycles. The topological polar surface area (TPSA) is 86.8 Å². The molecule has 1 aliphatic rings. The summed E-state index contributed by atoms with van der Waals surface area (Å²) in [7, 11) is 0. The monoisotopic (exact) mass is 356 g/mol. The normalized spacial score (nSPS) is 16.1. The molecule has 0 aliphatic carbocycles. The second-order valence-corrected chi connectivity index (χ2v) is 5.74. The van der Waals surface area contributed by atoms with Gasteiger partial charge in [0.15, 0.2) is 0 Å². The molecule has 136 valence electrons. The Bertz CT molecular complexity index is 770. The molecule has 26 heavy (non-hydrogen) atoms. The third-order valence-corrected chi connectivity index (χ3v) is 3.83. The Kier molecular flexibility index (Phi) is 5.80. The minimum absolute atomic E-state index is 0.0313. The van der Waals surface area contributed by atoms with Crippen LogP contribution in [0.1, 0.15) is 34.1 Å². The van der Waals surface area contributed by atoms with Crippen LogP contribution in [0.2, 0.25) is 0 Å². The summed E-state index contributed by atoms with van der Waals surface area (Å²) >= 11 is 0. The highest BCUT2D eigenvalue weighted by Gasteiger charge is 2.18. The average Bonchev–Trinajstić information content (AvgIpc) is 3.16. The van der Waals surface area contributed by atoms with Crippen LogP contribution in [0, 0.1) is 0 Å². The van der Waals surface area contributed by atoms with Gasteiger partial charge in [-0.2, -0.15) is 0 Å². The van der Waals surface area contributed by atoms with Crippen molar-refractivity contribution in [3.05, 3.63) is 53.7 Å². The first-order chi connectivity index (χ1) is 12.7. The summed E-state index contributed by atoms with van der Waals surface area (Å²) in [5, 5.41) is 2.78. The number of amides is 1. The van der Waals surface area contributed by atoms with Gasteiger partial charge in [0, 0.05) is 29.9 Å². The van der Waals surface area contributed by atoms with Crippen molar-refractivity contribution in [2.75, 3.05) is 25.1 Å². The fraction of sp³-hybridized carbons (Fsp3) is 0.316. The molecule has 2 aromatic rings. The Morgan fingerprint density at radius 1 is 1.23 bits per heavy atom. The first-order valence-corrected chi connectivity index (χ1v) is 8.44. The number of rotatable bonds is 6. The molecule has 1 aliphatic heterocycles. The standard InChI is InChI=1S/C19H20N2O5/c1-2-25-19(23)13-3-5-15(6-4-13)21-18(22)14-7-9-20-17(11-14)26-16-8-10-24-12-16/h3-7,9,11,16H,2,8,10,12H2,1H3,(H,21,22). The van der Waals surface area contributed by atoms with E-state index in [2.05, 4.69) is 10.3 Å². The fourth-order valence-corrected chi connectivity index (χ4v) is 2.50. The summed E-state index contributed by atoms with van der Waals surface area (Å²) in [6, 6.07) is 9.72. The Balaban J connectivity index is 1.63. The first-order valence-electron chi connectivity index (χ1n) is 8.44.